The van der Waals surface area contributed by atoms with Gasteiger partial charge in [0.1, 0.15) is 5.56 Å². The fraction of sp³-hybridized carbons (Fsp3) is 0. The number of sulfonamides is 1. The van der Waals surface area contributed by atoms with Crippen molar-refractivity contribution in [1.82, 2.24) is 10.2 Å². The first-order valence-electron chi connectivity index (χ1n) is 5.06. The summed E-state index contributed by atoms with van der Waals surface area (Å²) >= 11 is 9.09. The number of nitrogens with one attached hydrogen (secondary N) is 2. The molecule has 106 valence electrons. The van der Waals surface area contributed by atoms with Gasteiger partial charge < -0.3 is 5.11 Å². The SMILES string of the molecule is O=C(O)c1cn[nH]c1S(=O)(=O)Nc1ccc(Br)cc1Cl. The number of anilines is 1. The average molecular weight is 381 g/mol. The van der Waals surface area contributed by atoms with E-state index in [1.54, 1.807) is 6.07 Å². The minimum atomic E-state index is -4.13. The molecular formula is C10H7BrClN3O4S. The largest absolute Gasteiger partial charge is 0.478 e. The van der Waals surface area contributed by atoms with Crippen molar-refractivity contribution in [3.05, 3.63) is 39.5 Å². The fourth-order valence-electron chi connectivity index (χ4n) is 1.40. The van der Waals surface area contributed by atoms with Crippen LogP contribution in [0.3, 0.4) is 0 Å². The van der Waals surface area contributed by atoms with E-state index in [0.29, 0.717) is 4.47 Å². The van der Waals surface area contributed by atoms with E-state index in [0.717, 1.165) is 6.20 Å². The van der Waals surface area contributed by atoms with E-state index < -0.39 is 26.6 Å². The van der Waals surface area contributed by atoms with Crippen LogP contribution in [0.1, 0.15) is 10.4 Å². The molecule has 1 heterocycles. The maximum atomic E-state index is 12.1. The van der Waals surface area contributed by atoms with Crippen molar-refractivity contribution in [3.63, 3.8) is 0 Å². The quantitative estimate of drug-likeness (QED) is 0.753. The van der Waals surface area contributed by atoms with Gasteiger partial charge in [0.2, 0.25) is 0 Å². The molecule has 7 nitrogen and oxygen atoms in total. The molecule has 2 rings (SSSR count). The number of benzene rings is 1. The number of halogens is 2. The number of carbonyl (C=O) groups is 1. The molecule has 2 aromatic rings. The van der Waals surface area contributed by atoms with Crippen LogP contribution in [0.15, 0.2) is 33.9 Å². The van der Waals surface area contributed by atoms with Crippen molar-refractivity contribution >= 4 is 49.2 Å². The minimum absolute atomic E-state index is 0.126. The molecule has 1 aromatic carbocycles. The van der Waals surface area contributed by atoms with Crippen LogP contribution in [0.2, 0.25) is 5.02 Å². The van der Waals surface area contributed by atoms with Gasteiger partial charge in [-0.2, -0.15) is 13.5 Å². The number of carboxylic acids is 1. The van der Waals surface area contributed by atoms with Gasteiger partial charge in [0.05, 0.1) is 16.9 Å². The summed E-state index contributed by atoms with van der Waals surface area (Å²) in [5, 5.41) is 14.1. The Bertz CT molecular complexity index is 775. The molecule has 1 aromatic heterocycles. The maximum absolute atomic E-state index is 12.1. The number of hydrogen-bond donors (Lipinski definition) is 3. The topological polar surface area (TPSA) is 112 Å². The second kappa shape index (κ2) is 5.43. The van der Waals surface area contributed by atoms with Crippen LogP contribution in [-0.4, -0.2) is 29.7 Å². The van der Waals surface area contributed by atoms with Gasteiger partial charge in [0, 0.05) is 4.47 Å². The highest BCUT2D eigenvalue weighted by atomic mass is 79.9. The summed E-state index contributed by atoms with van der Waals surface area (Å²) in [6.07, 6.45) is 0.917. The molecule has 0 saturated heterocycles. The number of rotatable bonds is 4. The van der Waals surface area contributed by atoms with E-state index in [1.807, 2.05) is 0 Å². The van der Waals surface area contributed by atoms with E-state index in [4.69, 9.17) is 16.7 Å². The number of nitrogens with zero attached hydrogens (tertiary/aromatic N) is 1. The van der Waals surface area contributed by atoms with Crippen LogP contribution in [0.4, 0.5) is 5.69 Å². The van der Waals surface area contributed by atoms with E-state index in [1.165, 1.54) is 12.1 Å². The van der Waals surface area contributed by atoms with Gasteiger partial charge in [-0.15, -0.1) is 0 Å². The molecule has 0 saturated carbocycles. The molecule has 3 N–H and O–H groups in total. The molecule has 0 unspecified atom stereocenters. The summed E-state index contributed by atoms with van der Waals surface area (Å²) in [5.41, 5.74) is -0.327. The van der Waals surface area contributed by atoms with Crippen molar-refractivity contribution in [2.75, 3.05) is 4.72 Å². The number of carboxylic acid groups (broad SMARTS) is 1. The second-order valence-corrected chi connectivity index (χ2v) is 6.59. The zero-order chi connectivity index (χ0) is 14.9. The number of aromatic carboxylic acids is 1. The van der Waals surface area contributed by atoms with Crippen molar-refractivity contribution in [3.8, 4) is 0 Å². The van der Waals surface area contributed by atoms with E-state index in [2.05, 4.69) is 30.8 Å². The van der Waals surface area contributed by atoms with E-state index in [9.17, 15) is 13.2 Å². The predicted molar refractivity (Wildman–Crippen MR) is 75.5 cm³/mol. The van der Waals surface area contributed by atoms with Gasteiger partial charge in [0.25, 0.3) is 10.0 Å². The van der Waals surface area contributed by atoms with Crippen LogP contribution in [0, 0.1) is 0 Å². The molecule has 0 radical (unpaired) electrons. The molecule has 0 fully saturated rings. The Labute approximate surface area is 127 Å². The number of H-pyrrole nitrogens is 1. The van der Waals surface area contributed by atoms with Crippen LogP contribution in [0.25, 0.3) is 0 Å². The summed E-state index contributed by atoms with van der Waals surface area (Å²) < 4.78 is 27.1. The lowest BCUT2D eigenvalue weighted by atomic mass is 10.3. The first-order valence-corrected chi connectivity index (χ1v) is 7.71. The van der Waals surface area contributed by atoms with Crippen molar-refractivity contribution in [2.45, 2.75) is 5.03 Å². The first kappa shape index (κ1) is 14.8. The smallest absolute Gasteiger partial charge is 0.340 e. The van der Waals surface area contributed by atoms with Gasteiger partial charge in [0.15, 0.2) is 5.03 Å². The standard InChI is InChI=1S/C10H7BrClN3O4S/c11-5-1-2-8(7(12)3-5)15-20(18,19)9-6(10(16)17)4-13-14-9/h1-4,15H,(H,13,14)(H,16,17). The van der Waals surface area contributed by atoms with Crippen LogP contribution >= 0.6 is 27.5 Å². The van der Waals surface area contributed by atoms with Crippen molar-refractivity contribution < 1.29 is 18.3 Å². The molecule has 0 bridgehead atoms. The summed E-state index contributed by atoms with van der Waals surface area (Å²) in [4.78, 5) is 10.9. The predicted octanol–water partition coefficient (Wildman–Crippen LogP) is 2.32. The molecule has 10 heteroatoms. The molecule has 0 atom stereocenters. The first-order chi connectivity index (χ1) is 9.31. The summed E-state index contributed by atoms with van der Waals surface area (Å²) in [7, 11) is -4.13. The van der Waals surface area contributed by atoms with Crippen LogP contribution < -0.4 is 4.72 Å². The van der Waals surface area contributed by atoms with Gasteiger partial charge in [-0.3, -0.25) is 9.82 Å². The Hall–Kier alpha value is -1.58. The Balaban J connectivity index is 2.41. The highest BCUT2D eigenvalue weighted by Crippen LogP contribution is 2.28. The number of aromatic amines is 1. The Morgan fingerprint density at radius 2 is 2.15 bits per heavy atom. The molecule has 0 amide bonds. The van der Waals surface area contributed by atoms with Crippen LogP contribution in [0.5, 0.6) is 0 Å². The highest BCUT2D eigenvalue weighted by Gasteiger charge is 2.25. The molecular weight excluding hydrogens is 374 g/mol. The van der Waals surface area contributed by atoms with Gasteiger partial charge in [-0.1, -0.05) is 27.5 Å². The Kier molecular flexibility index (Phi) is 4.02. The third-order valence-electron chi connectivity index (χ3n) is 2.28. The minimum Gasteiger partial charge on any atom is -0.478 e. The maximum Gasteiger partial charge on any atom is 0.340 e. The Morgan fingerprint density at radius 3 is 2.75 bits per heavy atom. The van der Waals surface area contributed by atoms with Crippen LogP contribution in [-0.2, 0) is 10.0 Å². The normalized spacial score (nSPS) is 11.3. The van der Waals surface area contributed by atoms with Crippen molar-refractivity contribution in [1.29, 1.82) is 0 Å². The van der Waals surface area contributed by atoms with Crippen molar-refractivity contribution in [2.24, 2.45) is 0 Å². The Morgan fingerprint density at radius 1 is 1.45 bits per heavy atom. The monoisotopic (exact) mass is 379 g/mol. The van der Waals surface area contributed by atoms with Gasteiger partial charge >= 0.3 is 5.97 Å². The molecule has 0 aliphatic carbocycles. The lowest BCUT2D eigenvalue weighted by Crippen LogP contribution is -2.16. The van der Waals surface area contributed by atoms with E-state index in [-0.39, 0.29) is 10.7 Å². The average Bonchev–Trinajstić information content (AvgIpc) is 2.82. The zero-order valence-corrected chi connectivity index (χ0v) is 12.8. The number of aromatic nitrogens is 2. The third kappa shape index (κ3) is 2.94. The highest BCUT2D eigenvalue weighted by molar-refractivity contribution is 9.10. The summed E-state index contributed by atoms with van der Waals surface area (Å²) in [6.45, 7) is 0. The zero-order valence-electron chi connectivity index (χ0n) is 9.59. The third-order valence-corrected chi connectivity index (χ3v) is 4.42. The molecule has 0 aliphatic rings. The lowest BCUT2D eigenvalue weighted by molar-refractivity contribution is 0.0692. The summed E-state index contributed by atoms with van der Waals surface area (Å²) in [6, 6.07) is 4.54. The van der Waals surface area contributed by atoms with E-state index >= 15 is 0 Å². The van der Waals surface area contributed by atoms with Gasteiger partial charge in [-0.25, -0.2) is 4.79 Å². The molecule has 20 heavy (non-hydrogen) atoms. The lowest BCUT2D eigenvalue weighted by Gasteiger charge is -2.09. The van der Waals surface area contributed by atoms with Gasteiger partial charge in [-0.05, 0) is 18.2 Å². The molecule has 0 aliphatic heterocycles. The fourth-order valence-corrected chi connectivity index (χ4v) is 3.35. The molecule has 0 spiro atoms. The summed E-state index contributed by atoms with van der Waals surface area (Å²) in [5.74, 6) is -1.40. The number of hydrogen-bond acceptors (Lipinski definition) is 4. The second-order valence-electron chi connectivity index (χ2n) is 3.65.